The van der Waals surface area contributed by atoms with Crippen molar-refractivity contribution in [2.75, 3.05) is 13.1 Å². The van der Waals surface area contributed by atoms with Gasteiger partial charge in [-0.05, 0) is 13.3 Å². The third-order valence-corrected chi connectivity index (χ3v) is 3.80. The number of hydrogen-bond acceptors (Lipinski definition) is 6. The average molecular weight is 368 g/mol. The quantitative estimate of drug-likeness (QED) is 0.213. The Kier molecular flexibility index (Phi) is 10.7. The monoisotopic (exact) mass is 368 g/mol. The number of carbonyl (C=O) groups excluding carboxylic acids is 3. The molecular weight excluding hydrogens is 336 g/mol. The molecule has 148 valence electrons. The topological polar surface area (TPSA) is 166 Å². The number of amides is 1. The van der Waals surface area contributed by atoms with E-state index in [1.165, 1.54) is 0 Å². The van der Waals surface area contributed by atoms with E-state index in [0.29, 0.717) is 13.0 Å². The van der Waals surface area contributed by atoms with Gasteiger partial charge in [0.1, 0.15) is 5.78 Å². The van der Waals surface area contributed by atoms with E-state index in [-0.39, 0.29) is 54.6 Å². The van der Waals surface area contributed by atoms with Gasteiger partial charge in [0.25, 0.3) is 0 Å². The van der Waals surface area contributed by atoms with Gasteiger partial charge in [-0.15, -0.1) is 0 Å². The summed E-state index contributed by atoms with van der Waals surface area (Å²) in [4.78, 5) is 40.4. The number of guanidine groups is 1. The standard InChI is InChI=1S/C17H32N6O3/c1-10(2)15(25)9-13(5-7-22-17(19)20)16(26)23-11(3)14(24)6-8-21-12(4)18/h10-11,13,21H,4-9,18H2,1-3H3,(H,23,26)(H4,19,20,22). The van der Waals surface area contributed by atoms with Crippen LogP contribution in [0.2, 0.25) is 0 Å². The Morgan fingerprint density at radius 1 is 1.08 bits per heavy atom. The van der Waals surface area contributed by atoms with E-state index in [1.807, 2.05) is 0 Å². The van der Waals surface area contributed by atoms with Crippen molar-refractivity contribution in [3.8, 4) is 0 Å². The molecule has 0 aromatic carbocycles. The first kappa shape index (κ1) is 23.4. The van der Waals surface area contributed by atoms with Crippen LogP contribution >= 0.6 is 0 Å². The zero-order valence-corrected chi connectivity index (χ0v) is 15.9. The van der Waals surface area contributed by atoms with Crippen LogP contribution in [0.15, 0.2) is 17.4 Å². The van der Waals surface area contributed by atoms with Gasteiger partial charge in [0.2, 0.25) is 5.91 Å². The van der Waals surface area contributed by atoms with Crippen LogP contribution in [0.5, 0.6) is 0 Å². The Labute approximate surface area is 154 Å². The number of hydrogen-bond donors (Lipinski definition) is 5. The number of nitrogens with two attached hydrogens (primary N) is 3. The Hall–Kier alpha value is -2.58. The molecule has 2 atom stereocenters. The average Bonchev–Trinajstić information content (AvgIpc) is 2.52. The lowest BCUT2D eigenvalue weighted by Crippen LogP contribution is -2.43. The minimum atomic E-state index is -0.671. The first-order valence-corrected chi connectivity index (χ1v) is 8.64. The van der Waals surface area contributed by atoms with Crippen LogP contribution in [0.25, 0.3) is 0 Å². The van der Waals surface area contributed by atoms with E-state index >= 15 is 0 Å². The molecule has 0 spiro atoms. The van der Waals surface area contributed by atoms with Gasteiger partial charge in [-0.3, -0.25) is 19.4 Å². The first-order valence-electron chi connectivity index (χ1n) is 8.64. The number of rotatable bonds is 13. The van der Waals surface area contributed by atoms with E-state index < -0.39 is 12.0 Å². The molecule has 0 heterocycles. The molecule has 0 saturated heterocycles. The van der Waals surface area contributed by atoms with Gasteiger partial charge >= 0.3 is 0 Å². The van der Waals surface area contributed by atoms with Gasteiger partial charge in [-0.1, -0.05) is 20.4 Å². The van der Waals surface area contributed by atoms with Crippen LogP contribution in [0.3, 0.4) is 0 Å². The molecule has 9 nitrogen and oxygen atoms in total. The highest BCUT2D eigenvalue weighted by atomic mass is 16.2. The van der Waals surface area contributed by atoms with Crippen molar-refractivity contribution >= 4 is 23.4 Å². The Balaban J connectivity index is 4.76. The van der Waals surface area contributed by atoms with Crippen molar-refractivity contribution in [2.24, 2.45) is 34.0 Å². The second-order valence-corrected chi connectivity index (χ2v) is 6.52. The fourth-order valence-electron chi connectivity index (χ4n) is 2.13. The summed E-state index contributed by atoms with van der Waals surface area (Å²) >= 11 is 0. The summed E-state index contributed by atoms with van der Waals surface area (Å²) in [7, 11) is 0. The van der Waals surface area contributed by atoms with Gasteiger partial charge in [0.05, 0.1) is 11.9 Å². The summed E-state index contributed by atoms with van der Waals surface area (Å²) in [5.74, 6) is -1.10. The maximum absolute atomic E-state index is 12.5. The van der Waals surface area contributed by atoms with E-state index in [2.05, 4.69) is 22.2 Å². The van der Waals surface area contributed by atoms with Crippen LogP contribution in [0, 0.1) is 11.8 Å². The minimum Gasteiger partial charge on any atom is -0.386 e. The molecule has 0 rings (SSSR count). The Morgan fingerprint density at radius 2 is 1.69 bits per heavy atom. The maximum atomic E-state index is 12.5. The molecule has 8 N–H and O–H groups in total. The van der Waals surface area contributed by atoms with E-state index in [4.69, 9.17) is 17.2 Å². The van der Waals surface area contributed by atoms with Crippen molar-refractivity contribution in [3.63, 3.8) is 0 Å². The van der Waals surface area contributed by atoms with Crippen LogP contribution in [0.4, 0.5) is 0 Å². The maximum Gasteiger partial charge on any atom is 0.224 e. The van der Waals surface area contributed by atoms with E-state index in [9.17, 15) is 14.4 Å². The molecule has 0 aromatic heterocycles. The summed E-state index contributed by atoms with van der Waals surface area (Å²) in [6, 6.07) is -0.671. The molecule has 0 aromatic rings. The smallest absolute Gasteiger partial charge is 0.224 e. The summed E-state index contributed by atoms with van der Waals surface area (Å²) in [6.07, 6.45) is 0.595. The highest BCUT2D eigenvalue weighted by molar-refractivity contribution is 5.92. The van der Waals surface area contributed by atoms with Crippen molar-refractivity contribution < 1.29 is 14.4 Å². The zero-order valence-electron chi connectivity index (χ0n) is 15.9. The molecule has 9 heteroatoms. The number of ketones is 2. The Morgan fingerprint density at radius 3 is 2.19 bits per heavy atom. The van der Waals surface area contributed by atoms with Crippen LogP contribution in [-0.4, -0.2) is 42.6 Å². The second kappa shape index (κ2) is 11.9. The molecular formula is C17H32N6O3. The summed E-state index contributed by atoms with van der Waals surface area (Å²) in [6.45, 7) is 9.21. The number of aliphatic imine (C=N–C) groups is 1. The predicted molar refractivity (Wildman–Crippen MR) is 102 cm³/mol. The van der Waals surface area contributed by atoms with E-state index in [0.717, 1.165) is 0 Å². The van der Waals surface area contributed by atoms with Crippen molar-refractivity contribution in [1.29, 1.82) is 0 Å². The first-order chi connectivity index (χ1) is 12.0. The molecule has 0 aliphatic carbocycles. The lowest BCUT2D eigenvalue weighted by Gasteiger charge is -2.20. The lowest BCUT2D eigenvalue weighted by molar-refractivity contribution is -0.133. The summed E-state index contributed by atoms with van der Waals surface area (Å²) in [5.41, 5.74) is 15.9. The SMILES string of the molecule is C=C(N)NCCC(=O)C(C)NC(=O)C(CCN=C(N)N)CC(=O)C(C)C. The molecule has 1 amide bonds. The van der Waals surface area contributed by atoms with Crippen LogP contribution in [-0.2, 0) is 14.4 Å². The molecule has 0 fully saturated rings. The summed E-state index contributed by atoms with van der Waals surface area (Å²) < 4.78 is 0. The van der Waals surface area contributed by atoms with Gasteiger partial charge in [0, 0.05) is 37.8 Å². The minimum absolute atomic E-state index is 0.0283. The van der Waals surface area contributed by atoms with Crippen molar-refractivity contribution in [2.45, 2.75) is 46.1 Å². The number of nitrogens with one attached hydrogen (secondary N) is 2. The third-order valence-electron chi connectivity index (χ3n) is 3.80. The Bertz CT molecular complexity index is 541. The van der Waals surface area contributed by atoms with Gasteiger partial charge < -0.3 is 27.8 Å². The second-order valence-electron chi connectivity index (χ2n) is 6.52. The molecule has 0 aliphatic heterocycles. The fraction of sp³-hybridized carbons (Fsp3) is 0.647. The normalized spacial score (nSPS) is 12.8. The van der Waals surface area contributed by atoms with Gasteiger partial charge in [-0.25, -0.2) is 0 Å². The number of carbonyl (C=O) groups is 3. The summed E-state index contributed by atoms with van der Waals surface area (Å²) in [5, 5.41) is 5.42. The zero-order chi connectivity index (χ0) is 20.3. The molecule has 0 saturated carbocycles. The molecule has 2 unspecified atom stereocenters. The molecule has 0 aliphatic rings. The highest BCUT2D eigenvalue weighted by Gasteiger charge is 2.25. The largest absolute Gasteiger partial charge is 0.386 e. The van der Waals surface area contributed by atoms with Crippen LogP contribution < -0.4 is 27.8 Å². The number of nitrogens with zero attached hydrogens (tertiary/aromatic N) is 1. The lowest BCUT2D eigenvalue weighted by atomic mass is 9.92. The van der Waals surface area contributed by atoms with Gasteiger partial charge in [-0.2, -0.15) is 0 Å². The van der Waals surface area contributed by atoms with Gasteiger partial charge in [0.15, 0.2) is 11.7 Å². The number of Topliss-reactive ketones (excluding diaryl/α,β-unsaturated/α-hetero) is 2. The molecule has 0 bridgehead atoms. The molecule has 0 radical (unpaired) electrons. The van der Waals surface area contributed by atoms with Crippen molar-refractivity contribution in [1.82, 2.24) is 10.6 Å². The van der Waals surface area contributed by atoms with Crippen LogP contribution in [0.1, 0.15) is 40.0 Å². The highest BCUT2D eigenvalue weighted by Crippen LogP contribution is 2.14. The third kappa shape index (κ3) is 10.3. The van der Waals surface area contributed by atoms with Crippen molar-refractivity contribution in [3.05, 3.63) is 12.4 Å². The predicted octanol–water partition coefficient (Wildman–Crippen LogP) is -0.635. The van der Waals surface area contributed by atoms with E-state index in [1.54, 1.807) is 20.8 Å². The fourth-order valence-corrected chi connectivity index (χ4v) is 2.13. The molecule has 26 heavy (non-hydrogen) atoms.